The molecule has 0 radical (unpaired) electrons. The van der Waals surface area contributed by atoms with Crippen LogP contribution in [0, 0.1) is 6.92 Å². The molecule has 2 aromatic carbocycles. The summed E-state index contributed by atoms with van der Waals surface area (Å²) in [6, 6.07) is 16.9. The molecule has 47 heavy (non-hydrogen) atoms. The largest absolute Gasteiger partial charge is 0.494 e. The van der Waals surface area contributed by atoms with Crippen LogP contribution in [0.15, 0.2) is 86.0 Å². The van der Waals surface area contributed by atoms with Crippen LogP contribution in [-0.4, -0.2) is 60.3 Å². The fourth-order valence-electron chi connectivity index (χ4n) is 3.32. The van der Waals surface area contributed by atoms with Crippen LogP contribution in [0.4, 0.5) is 0 Å². The van der Waals surface area contributed by atoms with E-state index in [1.807, 2.05) is 13.8 Å². The topological polar surface area (TPSA) is 140 Å². The Morgan fingerprint density at radius 3 is 1.49 bits per heavy atom. The predicted octanol–water partition coefficient (Wildman–Crippen LogP) is 6.70. The zero-order chi connectivity index (χ0) is 34.9. The minimum atomic E-state index is -0.515. The third-order valence-corrected chi connectivity index (χ3v) is 5.76. The van der Waals surface area contributed by atoms with Gasteiger partial charge in [-0.2, -0.15) is 5.10 Å². The number of ether oxygens (including phenoxy) is 5. The molecule has 1 heterocycles. The number of rotatable bonds is 17. The maximum absolute atomic E-state index is 12.0. The Hall–Kier alpha value is -5.32. The molecule has 0 aliphatic heterocycles. The molecule has 0 unspecified atom stereocenters. The summed E-state index contributed by atoms with van der Waals surface area (Å²) in [6.07, 6.45) is 5.24. The van der Waals surface area contributed by atoms with E-state index in [-0.39, 0.29) is 11.7 Å². The quantitative estimate of drug-likeness (QED) is 0.0669. The van der Waals surface area contributed by atoms with Crippen LogP contribution < -0.4 is 14.2 Å². The number of unbranched alkanes of at least 4 members (excludes halogenated alkanes) is 2. The molecule has 0 spiro atoms. The van der Waals surface area contributed by atoms with Crippen molar-refractivity contribution < 1.29 is 42.9 Å². The molecular weight excluding hydrogens is 604 g/mol. The molecule has 0 atom stereocenters. The molecule has 1 aromatic heterocycles. The maximum Gasteiger partial charge on any atom is 0.344 e. The van der Waals surface area contributed by atoms with Crippen LogP contribution in [0.3, 0.4) is 0 Å². The fourth-order valence-corrected chi connectivity index (χ4v) is 3.32. The molecule has 252 valence electrons. The zero-order valence-electron chi connectivity index (χ0n) is 27.6. The lowest BCUT2D eigenvalue weighted by atomic mass is 10.1. The van der Waals surface area contributed by atoms with Gasteiger partial charge in [0.25, 0.3) is 0 Å². The minimum Gasteiger partial charge on any atom is -0.494 e. The van der Waals surface area contributed by atoms with Crippen molar-refractivity contribution >= 4 is 23.7 Å². The zero-order valence-corrected chi connectivity index (χ0v) is 27.6. The molecule has 11 heteroatoms. The van der Waals surface area contributed by atoms with Crippen molar-refractivity contribution in [1.29, 1.82) is 0 Å². The molecule has 0 saturated heterocycles. The van der Waals surface area contributed by atoms with Gasteiger partial charge in [-0.15, -0.1) is 5.10 Å². The number of hydrogen-bond acceptors (Lipinski definition) is 11. The summed E-state index contributed by atoms with van der Waals surface area (Å²) in [7, 11) is 0. The number of hydrogen-bond donors (Lipinski definition) is 0. The first kappa shape index (κ1) is 39.7. The Balaban J connectivity index is 0.000000467. The van der Waals surface area contributed by atoms with Crippen molar-refractivity contribution in [2.75, 3.05) is 26.4 Å². The number of aromatic nitrogens is 2. The van der Waals surface area contributed by atoms with E-state index in [1.165, 1.54) is 6.92 Å². The predicted molar refractivity (Wildman–Crippen MR) is 178 cm³/mol. The van der Waals surface area contributed by atoms with Crippen LogP contribution >= 0.6 is 0 Å². The van der Waals surface area contributed by atoms with E-state index in [0.717, 1.165) is 42.9 Å². The van der Waals surface area contributed by atoms with Gasteiger partial charge in [0.2, 0.25) is 5.88 Å². The molecule has 0 bridgehead atoms. The second kappa shape index (κ2) is 24.0. The van der Waals surface area contributed by atoms with Crippen molar-refractivity contribution in [3.05, 3.63) is 103 Å². The van der Waals surface area contributed by atoms with Gasteiger partial charge in [-0.05, 0) is 94.1 Å². The van der Waals surface area contributed by atoms with Gasteiger partial charge in [0.05, 0.1) is 37.7 Å². The maximum atomic E-state index is 12.0. The number of nitrogens with zero attached hydrogens (tertiary/aromatic N) is 2. The summed E-state index contributed by atoms with van der Waals surface area (Å²) >= 11 is 0. The highest BCUT2D eigenvalue weighted by atomic mass is 16.5. The number of benzene rings is 2. The molecule has 0 N–H and O–H groups in total. The van der Waals surface area contributed by atoms with Crippen molar-refractivity contribution in [3.8, 4) is 17.4 Å². The van der Waals surface area contributed by atoms with Crippen molar-refractivity contribution in [1.82, 2.24) is 10.2 Å². The van der Waals surface area contributed by atoms with Gasteiger partial charge >= 0.3 is 17.9 Å². The van der Waals surface area contributed by atoms with Gasteiger partial charge in [-0.3, -0.25) is 4.79 Å². The van der Waals surface area contributed by atoms with E-state index >= 15 is 0 Å². The van der Waals surface area contributed by atoms with E-state index in [2.05, 4.69) is 23.4 Å². The number of Topliss-reactive ketones (excluding diaryl/α,β-unsaturated/α-hetero) is 1. The summed E-state index contributed by atoms with van der Waals surface area (Å²) in [5, 5.41) is 7.62. The van der Waals surface area contributed by atoms with Crippen LogP contribution in [0.2, 0.25) is 0 Å². The number of aryl methyl sites for hydroxylation is 1. The summed E-state index contributed by atoms with van der Waals surface area (Å²) in [5.41, 5.74) is 1.80. The monoisotopic (exact) mass is 648 g/mol. The van der Waals surface area contributed by atoms with Gasteiger partial charge in [0.15, 0.2) is 5.78 Å². The molecule has 0 aliphatic carbocycles. The van der Waals surface area contributed by atoms with E-state index < -0.39 is 17.9 Å². The average Bonchev–Trinajstić information content (AvgIpc) is 3.10. The molecule has 11 nitrogen and oxygen atoms in total. The third-order valence-electron chi connectivity index (χ3n) is 5.76. The smallest absolute Gasteiger partial charge is 0.344 e. The lowest BCUT2D eigenvalue weighted by Crippen LogP contribution is -2.10. The molecule has 0 fully saturated rings. The standard InChI is InChI=1S/C19H20N2O5.C15H18O4.C2H6/c1-3-18(22)25-13-5-4-12-24-16-9-7-15(8-10-16)19(23)26-17-11-6-14(2)20-21-17;1-3-15(17)19-11-5-4-10-18-14-8-6-13(7-9-14)12(2)16;1-2/h3,6-11H,1,4-5,12-13H2,2H3;3,6-9H,1,4-5,10-11H2,2H3;1-2H3. The van der Waals surface area contributed by atoms with E-state index in [9.17, 15) is 19.2 Å². The lowest BCUT2D eigenvalue weighted by molar-refractivity contribution is -0.138. The summed E-state index contributed by atoms with van der Waals surface area (Å²) in [5.74, 6) is 0.214. The number of esters is 3. The minimum absolute atomic E-state index is 0.0376. The molecule has 0 aliphatic rings. The highest BCUT2D eigenvalue weighted by molar-refractivity contribution is 5.94. The first-order chi connectivity index (χ1) is 22.7. The Labute approximate surface area is 276 Å². The highest BCUT2D eigenvalue weighted by Gasteiger charge is 2.10. The van der Waals surface area contributed by atoms with Crippen molar-refractivity contribution in [2.45, 2.75) is 53.4 Å². The van der Waals surface area contributed by atoms with Gasteiger partial charge in [0, 0.05) is 23.8 Å². The summed E-state index contributed by atoms with van der Waals surface area (Å²) in [4.78, 5) is 44.7. The first-order valence-electron chi connectivity index (χ1n) is 15.3. The third kappa shape index (κ3) is 17.7. The number of carbonyl (C=O) groups is 4. The molecule has 3 aromatic rings. The number of carbonyl (C=O) groups excluding carboxylic acids is 4. The first-order valence-corrected chi connectivity index (χ1v) is 15.3. The highest BCUT2D eigenvalue weighted by Crippen LogP contribution is 2.15. The van der Waals surface area contributed by atoms with E-state index in [1.54, 1.807) is 67.6 Å². The second-order valence-electron chi connectivity index (χ2n) is 9.36. The SMILES string of the molecule is C=CC(=O)OCCCCOc1ccc(C(=O)Oc2ccc(C)nn2)cc1.C=CC(=O)OCCCCOc1ccc(C(C)=O)cc1.CC. The Bertz CT molecular complexity index is 1390. The normalized spacial score (nSPS) is 9.62. The lowest BCUT2D eigenvalue weighted by Gasteiger charge is -2.07. The van der Waals surface area contributed by atoms with Gasteiger partial charge in [-0.1, -0.05) is 27.0 Å². The fraction of sp³-hybridized carbons (Fsp3) is 0.333. The van der Waals surface area contributed by atoms with E-state index in [4.69, 9.17) is 23.7 Å². The van der Waals surface area contributed by atoms with Gasteiger partial charge in [-0.25, -0.2) is 14.4 Å². The van der Waals surface area contributed by atoms with Gasteiger partial charge < -0.3 is 23.7 Å². The second-order valence-corrected chi connectivity index (χ2v) is 9.36. The molecule has 0 amide bonds. The van der Waals surface area contributed by atoms with Crippen LogP contribution in [-0.2, 0) is 19.1 Å². The van der Waals surface area contributed by atoms with Crippen molar-refractivity contribution in [2.24, 2.45) is 0 Å². The van der Waals surface area contributed by atoms with Crippen LogP contribution in [0.1, 0.15) is 72.9 Å². The Kier molecular flexibility index (Phi) is 20.3. The van der Waals surface area contributed by atoms with Gasteiger partial charge in [0.1, 0.15) is 11.5 Å². The van der Waals surface area contributed by atoms with Crippen molar-refractivity contribution in [3.63, 3.8) is 0 Å². The van der Waals surface area contributed by atoms with Crippen LogP contribution in [0.25, 0.3) is 0 Å². The Morgan fingerprint density at radius 1 is 0.638 bits per heavy atom. The molecule has 3 rings (SSSR count). The molecular formula is C36H44N2O9. The average molecular weight is 649 g/mol. The number of ketones is 1. The van der Waals surface area contributed by atoms with E-state index in [0.29, 0.717) is 49.7 Å². The summed E-state index contributed by atoms with van der Waals surface area (Å²) in [6.45, 7) is 15.7. The Morgan fingerprint density at radius 2 is 1.09 bits per heavy atom. The molecule has 0 saturated carbocycles. The van der Waals surface area contributed by atoms with Crippen LogP contribution in [0.5, 0.6) is 17.4 Å². The summed E-state index contributed by atoms with van der Waals surface area (Å²) < 4.78 is 25.9.